The van der Waals surface area contributed by atoms with Crippen molar-refractivity contribution in [2.75, 3.05) is 0 Å². The van der Waals surface area contributed by atoms with E-state index in [0.29, 0.717) is 0 Å². The molecule has 0 aliphatic heterocycles. The summed E-state index contributed by atoms with van der Waals surface area (Å²) in [5.74, 6) is 1.03. The van der Waals surface area contributed by atoms with Gasteiger partial charge in [-0.1, -0.05) is 37.3 Å². The van der Waals surface area contributed by atoms with Gasteiger partial charge in [-0.15, -0.1) is 11.8 Å². The summed E-state index contributed by atoms with van der Waals surface area (Å²) < 4.78 is 0. The van der Waals surface area contributed by atoms with Crippen LogP contribution in [-0.2, 0) is 12.2 Å². The minimum absolute atomic E-state index is 0.272. The van der Waals surface area contributed by atoms with Crippen LogP contribution in [0.4, 0.5) is 0 Å². The lowest BCUT2D eigenvalue weighted by molar-refractivity contribution is 0.644. The highest BCUT2D eigenvalue weighted by Gasteiger charge is 2.06. The molecule has 0 saturated heterocycles. The molecule has 0 aliphatic carbocycles. The van der Waals surface area contributed by atoms with E-state index in [4.69, 9.17) is 5.73 Å². The van der Waals surface area contributed by atoms with E-state index in [1.807, 2.05) is 11.8 Å². The molecule has 0 bridgehead atoms. The maximum Gasteiger partial charge on any atom is 0.0234 e. The van der Waals surface area contributed by atoms with Crippen LogP contribution in [0.25, 0.3) is 0 Å². The van der Waals surface area contributed by atoms with E-state index in [-0.39, 0.29) is 6.04 Å². The maximum absolute atomic E-state index is 6.06. The van der Waals surface area contributed by atoms with Gasteiger partial charge in [-0.2, -0.15) is 0 Å². The Morgan fingerprint density at radius 3 is 2.43 bits per heavy atom. The topological polar surface area (TPSA) is 26.0 Å². The molecule has 2 rings (SSSR count). The number of rotatable bonds is 6. The average molecular weight is 299 g/mol. The summed E-state index contributed by atoms with van der Waals surface area (Å²) >= 11 is 1.90. The molecular weight excluding hydrogens is 274 g/mol. The first kappa shape index (κ1) is 16.1. The van der Waals surface area contributed by atoms with Crippen LogP contribution in [0.15, 0.2) is 47.4 Å². The first-order chi connectivity index (χ1) is 10.1. The molecule has 0 heterocycles. The summed E-state index contributed by atoms with van der Waals surface area (Å²) in [7, 11) is 0. The number of thioether (sulfide) groups is 1. The predicted octanol–water partition coefficient (Wildman–Crippen LogP) is 4.88. The SMILES string of the molecule is CCC(N)Cc1ccc(SCc2ccccc2C)cc1C. The normalized spacial score (nSPS) is 12.4. The van der Waals surface area contributed by atoms with Crippen molar-refractivity contribution in [3.05, 3.63) is 64.7 Å². The highest BCUT2D eigenvalue weighted by atomic mass is 32.2. The lowest BCUT2D eigenvalue weighted by Crippen LogP contribution is -2.21. The van der Waals surface area contributed by atoms with Crippen molar-refractivity contribution in [1.82, 2.24) is 0 Å². The van der Waals surface area contributed by atoms with Crippen LogP contribution >= 0.6 is 11.8 Å². The molecule has 0 aromatic heterocycles. The van der Waals surface area contributed by atoms with Gasteiger partial charge < -0.3 is 5.73 Å². The highest BCUT2D eigenvalue weighted by Crippen LogP contribution is 2.26. The fourth-order valence-corrected chi connectivity index (χ4v) is 3.42. The molecule has 112 valence electrons. The maximum atomic E-state index is 6.06. The molecular formula is C19H25NS. The molecule has 2 heteroatoms. The van der Waals surface area contributed by atoms with Gasteiger partial charge in [0.25, 0.3) is 0 Å². The number of nitrogens with two attached hydrogens (primary N) is 1. The standard InChI is InChI=1S/C19H25NS/c1-4-18(20)12-16-9-10-19(11-15(16)3)21-13-17-8-6-5-7-14(17)2/h5-11,18H,4,12-13,20H2,1-3H3. The number of aryl methyl sites for hydroxylation is 2. The molecule has 1 unspecified atom stereocenters. The van der Waals surface area contributed by atoms with Crippen molar-refractivity contribution in [1.29, 1.82) is 0 Å². The Hall–Kier alpha value is -1.25. The van der Waals surface area contributed by atoms with Crippen molar-refractivity contribution in [2.45, 2.75) is 50.3 Å². The fourth-order valence-electron chi connectivity index (χ4n) is 2.35. The summed E-state index contributed by atoms with van der Waals surface area (Å²) in [6.45, 7) is 6.51. The quantitative estimate of drug-likeness (QED) is 0.770. The lowest BCUT2D eigenvalue weighted by atomic mass is 10.0. The van der Waals surface area contributed by atoms with Crippen LogP contribution in [0, 0.1) is 13.8 Å². The van der Waals surface area contributed by atoms with E-state index in [2.05, 4.69) is 63.2 Å². The zero-order chi connectivity index (χ0) is 15.2. The van der Waals surface area contributed by atoms with Crippen LogP contribution in [-0.4, -0.2) is 6.04 Å². The van der Waals surface area contributed by atoms with Gasteiger partial charge in [-0.25, -0.2) is 0 Å². The molecule has 0 amide bonds. The molecule has 0 saturated carbocycles. The van der Waals surface area contributed by atoms with E-state index in [1.54, 1.807) is 0 Å². The van der Waals surface area contributed by atoms with Gasteiger partial charge in [-0.05, 0) is 61.1 Å². The molecule has 2 aromatic rings. The molecule has 0 spiro atoms. The Morgan fingerprint density at radius 1 is 1.00 bits per heavy atom. The average Bonchev–Trinajstić information content (AvgIpc) is 2.48. The zero-order valence-corrected chi connectivity index (χ0v) is 14.0. The Labute approximate surface area is 133 Å². The smallest absolute Gasteiger partial charge is 0.0234 e. The molecule has 1 nitrogen and oxygen atoms in total. The molecule has 0 radical (unpaired) electrons. The molecule has 2 aromatic carbocycles. The largest absolute Gasteiger partial charge is 0.327 e. The third-order valence-corrected chi connectivity index (χ3v) is 5.02. The van der Waals surface area contributed by atoms with E-state index in [9.17, 15) is 0 Å². The Kier molecular flexibility index (Phi) is 5.89. The first-order valence-corrected chi connectivity index (χ1v) is 8.61. The number of hydrogen-bond donors (Lipinski definition) is 1. The Bertz CT molecular complexity index is 592. The van der Waals surface area contributed by atoms with Crippen molar-refractivity contribution in [3.8, 4) is 0 Å². The van der Waals surface area contributed by atoms with Gasteiger partial charge in [0.2, 0.25) is 0 Å². The zero-order valence-electron chi connectivity index (χ0n) is 13.2. The van der Waals surface area contributed by atoms with E-state index < -0.39 is 0 Å². The molecule has 1 atom stereocenters. The van der Waals surface area contributed by atoms with Gasteiger partial charge >= 0.3 is 0 Å². The van der Waals surface area contributed by atoms with E-state index in [1.165, 1.54) is 27.1 Å². The van der Waals surface area contributed by atoms with Gasteiger partial charge in [0.1, 0.15) is 0 Å². The summed E-state index contributed by atoms with van der Waals surface area (Å²) in [4.78, 5) is 1.34. The fraction of sp³-hybridized carbons (Fsp3) is 0.368. The second kappa shape index (κ2) is 7.67. The highest BCUT2D eigenvalue weighted by molar-refractivity contribution is 7.98. The minimum Gasteiger partial charge on any atom is -0.327 e. The van der Waals surface area contributed by atoms with Crippen LogP contribution in [0.2, 0.25) is 0 Å². The van der Waals surface area contributed by atoms with Crippen LogP contribution < -0.4 is 5.73 Å². The Morgan fingerprint density at radius 2 is 1.76 bits per heavy atom. The molecule has 0 aliphatic rings. The molecule has 21 heavy (non-hydrogen) atoms. The molecule has 0 fully saturated rings. The summed E-state index contributed by atoms with van der Waals surface area (Å²) in [5.41, 5.74) is 11.6. The van der Waals surface area contributed by atoms with Gasteiger partial charge in [0, 0.05) is 16.7 Å². The van der Waals surface area contributed by atoms with Gasteiger partial charge in [-0.3, -0.25) is 0 Å². The summed E-state index contributed by atoms with van der Waals surface area (Å²) in [6, 6.07) is 15.6. The second-order valence-corrected chi connectivity index (χ2v) is 6.72. The van der Waals surface area contributed by atoms with Crippen molar-refractivity contribution >= 4 is 11.8 Å². The van der Waals surface area contributed by atoms with Crippen molar-refractivity contribution < 1.29 is 0 Å². The van der Waals surface area contributed by atoms with E-state index >= 15 is 0 Å². The van der Waals surface area contributed by atoms with Gasteiger partial charge in [0.15, 0.2) is 0 Å². The predicted molar refractivity (Wildman–Crippen MR) is 93.9 cm³/mol. The Balaban J connectivity index is 2.02. The van der Waals surface area contributed by atoms with Crippen LogP contribution in [0.5, 0.6) is 0 Å². The van der Waals surface area contributed by atoms with Crippen molar-refractivity contribution in [2.24, 2.45) is 5.73 Å². The monoisotopic (exact) mass is 299 g/mol. The van der Waals surface area contributed by atoms with E-state index in [0.717, 1.165) is 18.6 Å². The second-order valence-electron chi connectivity index (χ2n) is 5.68. The van der Waals surface area contributed by atoms with Crippen molar-refractivity contribution in [3.63, 3.8) is 0 Å². The third kappa shape index (κ3) is 4.62. The first-order valence-electron chi connectivity index (χ1n) is 7.62. The summed E-state index contributed by atoms with van der Waals surface area (Å²) in [5, 5.41) is 0. The third-order valence-electron chi connectivity index (χ3n) is 3.98. The minimum atomic E-state index is 0.272. The number of hydrogen-bond acceptors (Lipinski definition) is 2. The number of benzene rings is 2. The van der Waals surface area contributed by atoms with Crippen LogP contribution in [0.1, 0.15) is 35.6 Å². The van der Waals surface area contributed by atoms with Gasteiger partial charge in [0.05, 0.1) is 0 Å². The van der Waals surface area contributed by atoms with Crippen LogP contribution in [0.3, 0.4) is 0 Å². The lowest BCUT2D eigenvalue weighted by Gasteiger charge is -2.13. The molecule has 2 N–H and O–H groups in total. The summed E-state index contributed by atoms with van der Waals surface area (Å²) in [6.07, 6.45) is 2.01.